The predicted molar refractivity (Wildman–Crippen MR) is 439 cm³/mol. The number of hydrogen-bond donors (Lipinski definition) is 0. The molecule has 498 valence electrons. The summed E-state index contributed by atoms with van der Waals surface area (Å²) in [5, 5.41) is 0. The minimum Gasteiger partial charge on any atom is -0.458 e. The largest absolute Gasteiger partial charge is 0.458 e. The standard InChI is InChI=1S/C100H70B2N2O2/c1-97(2,3)61-53-86-92-88(55-61)105-95-80(51-49-72-70-39-20-26-47-78(70)99(90(72)95)74-43-22-16-35-66(74)67-36-17-23-44-75(67)99)101(92)82-57-83-85(58-84(82)103(86)63-33-14-9-15-34-63)104(94-64(59-29-10-7-11-30-59)41-28-42-65(94)60-31-12-8-13-32-60)87-54-62(98(4,5)6)56-89-93(87)102(83)81-52-50-73-71-40-21-27-48-79(71)100(91(73)96(81)106-89)76-45-24-18-37-68(76)69-38-19-25-46-77(69)100/h7-58H,1-6H3. The SMILES string of the molecule is CC(C)(C)c1cc2c3c(c1)N(c1ccccc1)c1cc4c(cc1B3c1ccc3c(c1O2)C1(c2ccccc2-c2ccccc21)c1ccccc1-3)B1c2ccc3c(c2Oc2cc(C(C)(C)C)cc(c21)N4c1c(-c2ccccc2)cccc1-c1ccccc1)C1(c2ccccc2-c2ccccc21)c1ccccc1-3. The van der Waals surface area contributed by atoms with E-state index in [-0.39, 0.29) is 24.3 Å². The van der Waals surface area contributed by atoms with Gasteiger partial charge in [0.15, 0.2) is 0 Å². The maximum Gasteiger partial charge on any atom is 0.256 e. The number of para-hydroxylation sites is 2. The van der Waals surface area contributed by atoms with Crippen molar-refractivity contribution in [1.82, 2.24) is 0 Å². The van der Waals surface area contributed by atoms with Crippen LogP contribution in [0.25, 0.3) is 66.8 Å². The molecule has 4 aliphatic heterocycles. The Bertz CT molecular complexity index is 6220. The Kier molecular flexibility index (Phi) is 12.0. The molecule has 4 nitrogen and oxygen atoms in total. The molecule has 0 aromatic heterocycles. The Hall–Kier alpha value is -12.4. The van der Waals surface area contributed by atoms with Gasteiger partial charge < -0.3 is 19.3 Å². The van der Waals surface area contributed by atoms with Crippen LogP contribution < -0.4 is 52.1 Å². The summed E-state index contributed by atoms with van der Waals surface area (Å²) in [5.41, 5.74) is 38.8. The summed E-state index contributed by atoms with van der Waals surface area (Å²) in [7, 11) is 0. The van der Waals surface area contributed by atoms with Crippen molar-refractivity contribution in [3.8, 4) is 89.8 Å². The number of rotatable bonds is 4. The fraction of sp³-hybridized carbons (Fsp3) is 0.100. The fourth-order valence-corrected chi connectivity index (χ4v) is 20.7. The number of hydrogen-bond acceptors (Lipinski definition) is 4. The van der Waals surface area contributed by atoms with E-state index in [1.165, 1.54) is 117 Å². The first-order valence-corrected chi connectivity index (χ1v) is 37.6. The summed E-state index contributed by atoms with van der Waals surface area (Å²) in [6.07, 6.45) is 0. The molecule has 0 bridgehead atoms. The Morgan fingerprint density at radius 1 is 0.274 bits per heavy atom. The van der Waals surface area contributed by atoms with Gasteiger partial charge in [-0.2, -0.15) is 0 Å². The second-order valence-corrected chi connectivity index (χ2v) is 32.4. The third kappa shape index (κ3) is 7.65. The highest BCUT2D eigenvalue weighted by Gasteiger charge is 2.59. The van der Waals surface area contributed by atoms with E-state index in [1.54, 1.807) is 0 Å². The minimum atomic E-state index is -0.684. The molecular formula is C100H70B2N2O2. The van der Waals surface area contributed by atoms with Gasteiger partial charge in [-0.15, -0.1) is 0 Å². The van der Waals surface area contributed by atoms with Crippen molar-refractivity contribution >= 4 is 80.3 Å². The lowest BCUT2D eigenvalue weighted by Gasteiger charge is -2.46. The van der Waals surface area contributed by atoms with Crippen molar-refractivity contribution in [2.45, 2.75) is 63.2 Å². The van der Waals surface area contributed by atoms with E-state index in [4.69, 9.17) is 9.47 Å². The summed E-state index contributed by atoms with van der Waals surface area (Å²) in [5.74, 6) is 3.65. The molecule has 0 amide bonds. The number of nitrogens with zero attached hydrogens (tertiary/aromatic N) is 2. The molecule has 0 atom stereocenters. The van der Waals surface area contributed by atoms with E-state index in [2.05, 4.69) is 367 Å². The maximum absolute atomic E-state index is 8.28. The maximum atomic E-state index is 8.28. The fourth-order valence-electron chi connectivity index (χ4n) is 20.7. The molecule has 0 radical (unpaired) electrons. The van der Waals surface area contributed by atoms with E-state index in [1.807, 2.05) is 0 Å². The van der Waals surface area contributed by atoms with Gasteiger partial charge in [0.05, 0.1) is 16.5 Å². The van der Waals surface area contributed by atoms with Crippen LogP contribution in [-0.4, -0.2) is 13.4 Å². The lowest BCUT2D eigenvalue weighted by molar-refractivity contribution is 0.472. The second-order valence-electron chi connectivity index (χ2n) is 32.4. The highest BCUT2D eigenvalue weighted by atomic mass is 16.5. The monoisotopic (exact) mass is 1350 g/mol. The lowest BCUT2D eigenvalue weighted by Crippen LogP contribution is -2.64. The first-order valence-electron chi connectivity index (χ1n) is 37.6. The Morgan fingerprint density at radius 2 is 0.604 bits per heavy atom. The van der Waals surface area contributed by atoms with Gasteiger partial charge in [-0.3, -0.25) is 0 Å². The Morgan fingerprint density at radius 3 is 0.991 bits per heavy atom. The van der Waals surface area contributed by atoms with E-state index in [0.29, 0.717) is 0 Å². The summed E-state index contributed by atoms with van der Waals surface area (Å²) in [4.78, 5) is 5.28. The number of fused-ring (bicyclic) bond motifs is 30. The number of ether oxygens (including phenoxy) is 2. The second kappa shape index (κ2) is 21.2. The van der Waals surface area contributed by atoms with Crippen molar-refractivity contribution in [2.24, 2.45) is 0 Å². The minimum absolute atomic E-state index is 0.264. The van der Waals surface area contributed by atoms with Crippen LogP contribution >= 0.6 is 0 Å². The predicted octanol–water partition coefficient (Wildman–Crippen LogP) is 21.1. The molecule has 15 aromatic carbocycles. The molecule has 15 aromatic rings. The number of anilines is 6. The van der Waals surface area contributed by atoms with Crippen LogP contribution in [0.15, 0.2) is 315 Å². The van der Waals surface area contributed by atoms with Crippen LogP contribution in [0.3, 0.4) is 0 Å². The zero-order valence-electron chi connectivity index (χ0n) is 59.9. The Labute approximate surface area is 619 Å². The highest BCUT2D eigenvalue weighted by molar-refractivity contribution is 7.02. The molecule has 6 heteroatoms. The van der Waals surface area contributed by atoms with Crippen LogP contribution in [0.1, 0.15) is 97.2 Å². The molecule has 0 N–H and O–H groups in total. The third-order valence-corrected chi connectivity index (χ3v) is 25.1. The van der Waals surface area contributed by atoms with Gasteiger partial charge in [0.25, 0.3) is 13.4 Å². The molecule has 0 saturated heterocycles. The molecule has 23 rings (SSSR count). The van der Waals surface area contributed by atoms with Gasteiger partial charge in [-0.05, 0) is 186 Å². The van der Waals surface area contributed by atoms with Crippen LogP contribution in [0.2, 0.25) is 0 Å². The molecule has 106 heavy (non-hydrogen) atoms. The van der Waals surface area contributed by atoms with E-state index >= 15 is 0 Å². The topological polar surface area (TPSA) is 24.9 Å². The van der Waals surface area contributed by atoms with Crippen LogP contribution in [0, 0.1) is 0 Å². The van der Waals surface area contributed by atoms with E-state index in [0.717, 1.165) is 95.8 Å². The molecule has 4 aliphatic carbocycles. The quantitative estimate of drug-likeness (QED) is 0.164. The Balaban J connectivity index is 0.880. The molecule has 8 aliphatic rings. The molecular weight excluding hydrogens is 1280 g/mol. The van der Waals surface area contributed by atoms with Crippen LogP contribution in [0.4, 0.5) is 34.1 Å². The van der Waals surface area contributed by atoms with Crippen molar-refractivity contribution in [3.63, 3.8) is 0 Å². The van der Waals surface area contributed by atoms with Gasteiger partial charge in [-0.1, -0.05) is 315 Å². The highest BCUT2D eigenvalue weighted by Crippen LogP contribution is 2.68. The molecule has 0 saturated carbocycles. The summed E-state index contributed by atoms with van der Waals surface area (Å²) >= 11 is 0. The first-order chi connectivity index (χ1) is 51.9. The van der Waals surface area contributed by atoms with Gasteiger partial charge in [0.1, 0.15) is 23.0 Å². The average molecular weight is 1350 g/mol. The van der Waals surface area contributed by atoms with Crippen LogP contribution in [0.5, 0.6) is 23.0 Å². The van der Waals surface area contributed by atoms with E-state index < -0.39 is 10.8 Å². The van der Waals surface area contributed by atoms with Crippen LogP contribution in [-0.2, 0) is 21.7 Å². The summed E-state index contributed by atoms with van der Waals surface area (Å²) < 4.78 is 16.4. The lowest BCUT2D eigenvalue weighted by atomic mass is 9.30. The summed E-state index contributed by atoms with van der Waals surface area (Å²) in [6.45, 7) is 13.5. The zero-order chi connectivity index (χ0) is 70.4. The molecule has 4 heterocycles. The van der Waals surface area contributed by atoms with Crippen molar-refractivity contribution in [2.75, 3.05) is 9.80 Å². The smallest absolute Gasteiger partial charge is 0.256 e. The molecule has 0 fully saturated rings. The van der Waals surface area contributed by atoms with Gasteiger partial charge >= 0.3 is 0 Å². The van der Waals surface area contributed by atoms with Crippen molar-refractivity contribution in [1.29, 1.82) is 0 Å². The van der Waals surface area contributed by atoms with Gasteiger partial charge in [0.2, 0.25) is 0 Å². The normalized spacial score (nSPS) is 14.9. The average Bonchev–Trinajstić information content (AvgIpc) is 1.40. The van der Waals surface area contributed by atoms with E-state index in [9.17, 15) is 0 Å². The first kappa shape index (κ1) is 60.1. The van der Waals surface area contributed by atoms with Crippen molar-refractivity contribution < 1.29 is 9.47 Å². The summed E-state index contributed by atoms with van der Waals surface area (Å²) in [6, 6.07) is 120. The van der Waals surface area contributed by atoms with Gasteiger partial charge in [0, 0.05) is 50.7 Å². The molecule has 2 spiro atoms. The number of benzene rings is 15. The third-order valence-electron chi connectivity index (χ3n) is 25.1. The van der Waals surface area contributed by atoms with Gasteiger partial charge in [-0.25, -0.2) is 0 Å². The zero-order valence-corrected chi connectivity index (χ0v) is 59.9. The molecule has 0 unspecified atom stereocenters. The van der Waals surface area contributed by atoms with Crippen molar-refractivity contribution in [3.05, 3.63) is 371 Å².